The summed E-state index contributed by atoms with van der Waals surface area (Å²) >= 11 is 0. The Morgan fingerprint density at radius 3 is 2.19 bits per heavy atom. The van der Waals surface area contributed by atoms with E-state index in [4.69, 9.17) is 4.74 Å². The molecule has 0 aromatic heterocycles. The normalized spacial score (nSPS) is 17.7. The van der Waals surface area contributed by atoms with E-state index < -0.39 is 17.7 Å². The summed E-state index contributed by atoms with van der Waals surface area (Å²) < 4.78 is 5.21. The smallest absolute Gasteiger partial charge is 0.336 e. The van der Waals surface area contributed by atoms with E-state index in [1.807, 2.05) is 0 Å². The summed E-state index contributed by atoms with van der Waals surface area (Å²) in [6.07, 6.45) is 0.858. The van der Waals surface area contributed by atoms with Crippen LogP contribution in [-0.4, -0.2) is 48.5 Å². The lowest BCUT2D eigenvalue weighted by Gasteiger charge is -2.34. The summed E-state index contributed by atoms with van der Waals surface area (Å²) in [5.41, 5.74) is 2.20. The monoisotopic (exact) mass is 376 g/mol. The van der Waals surface area contributed by atoms with Crippen molar-refractivity contribution >= 4 is 11.7 Å². The first-order valence-electron chi connectivity index (χ1n) is 9.95. The van der Waals surface area contributed by atoms with Gasteiger partial charge >= 0.3 is 5.97 Å². The highest BCUT2D eigenvalue weighted by Gasteiger charge is 2.25. The standard InChI is InChI=1S/C22H36N2O3/c1-21(2,3)16-7-9-18(10-8-16)24-13-11-17(12-14-24)23-15-19(25)20(26)27-22(4,5)6/h7-10,17,19,23,25H,11-15H2,1-6H3. The van der Waals surface area contributed by atoms with Gasteiger partial charge < -0.3 is 20.1 Å². The van der Waals surface area contributed by atoms with Gasteiger partial charge in [0.1, 0.15) is 5.60 Å². The number of aliphatic hydroxyl groups excluding tert-OH is 1. The Labute approximate surface area is 164 Å². The van der Waals surface area contributed by atoms with Gasteiger partial charge in [-0.2, -0.15) is 0 Å². The zero-order valence-corrected chi connectivity index (χ0v) is 17.7. The summed E-state index contributed by atoms with van der Waals surface area (Å²) in [6.45, 7) is 14.3. The van der Waals surface area contributed by atoms with Gasteiger partial charge in [0, 0.05) is 31.4 Å². The van der Waals surface area contributed by atoms with Crippen LogP contribution in [0.3, 0.4) is 0 Å². The fourth-order valence-corrected chi connectivity index (χ4v) is 3.25. The average Bonchev–Trinajstić information content (AvgIpc) is 2.58. The van der Waals surface area contributed by atoms with Crippen molar-refractivity contribution in [2.75, 3.05) is 24.5 Å². The van der Waals surface area contributed by atoms with Crippen LogP contribution in [0.2, 0.25) is 0 Å². The zero-order valence-electron chi connectivity index (χ0n) is 17.7. The molecule has 1 aliphatic heterocycles. The van der Waals surface area contributed by atoms with E-state index in [-0.39, 0.29) is 12.0 Å². The SMILES string of the molecule is CC(C)(C)OC(=O)C(O)CNC1CCN(c2ccc(C(C)(C)C)cc2)CC1. The summed E-state index contributed by atoms with van der Waals surface area (Å²) in [4.78, 5) is 14.2. The quantitative estimate of drug-likeness (QED) is 0.773. The third-order valence-electron chi connectivity index (χ3n) is 4.87. The molecule has 2 rings (SSSR count). The van der Waals surface area contributed by atoms with Gasteiger partial charge in [-0.25, -0.2) is 4.79 Å². The molecule has 152 valence electrons. The van der Waals surface area contributed by atoms with Gasteiger partial charge in [0.15, 0.2) is 6.10 Å². The first-order chi connectivity index (χ1) is 12.5. The van der Waals surface area contributed by atoms with Crippen LogP contribution in [0.4, 0.5) is 5.69 Å². The van der Waals surface area contributed by atoms with Crippen LogP contribution in [0.1, 0.15) is 59.9 Å². The Kier molecular flexibility index (Phi) is 6.92. The largest absolute Gasteiger partial charge is 0.458 e. The fraction of sp³-hybridized carbons (Fsp3) is 0.682. The zero-order chi connectivity index (χ0) is 20.2. The second-order valence-corrected chi connectivity index (χ2v) is 9.52. The highest BCUT2D eigenvalue weighted by atomic mass is 16.6. The predicted molar refractivity (Wildman–Crippen MR) is 110 cm³/mol. The number of nitrogens with one attached hydrogen (secondary N) is 1. The van der Waals surface area contributed by atoms with Crippen LogP contribution in [0.25, 0.3) is 0 Å². The van der Waals surface area contributed by atoms with Gasteiger partial charge in [0.05, 0.1) is 0 Å². The van der Waals surface area contributed by atoms with E-state index in [1.165, 1.54) is 11.3 Å². The lowest BCUT2D eigenvalue weighted by molar-refractivity contribution is -0.164. The number of carbonyl (C=O) groups excluding carboxylic acids is 1. The highest BCUT2D eigenvalue weighted by Crippen LogP contribution is 2.26. The lowest BCUT2D eigenvalue weighted by Crippen LogP contribution is -2.46. The Hall–Kier alpha value is -1.59. The summed E-state index contributed by atoms with van der Waals surface area (Å²) in [7, 11) is 0. The molecule has 1 fully saturated rings. The summed E-state index contributed by atoms with van der Waals surface area (Å²) in [5.74, 6) is -0.564. The topological polar surface area (TPSA) is 61.8 Å². The predicted octanol–water partition coefficient (Wildman–Crippen LogP) is 3.25. The number of carbonyl (C=O) groups is 1. The molecular formula is C22H36N2O3. The number of aliphatic hydroxyl groups is 1. The van der Waals surface area contributed by atoms with Crippen molar-refractivity contribution < 1.29 is 14.6 Å². The van der Waals surface area contributed by atoms with E-state index in [2.05, 4.69) is 55.3 Å². The second kappa shape index (κ2) is 8.61. The number of rotatable bonds is 5. The molecule has 27 heavy (non-hydrogen) atoms. The first-order valence-corrected chi connectivity index (χ1v) is 9.95. The third kappa shape index (κ3) is 6.82. The molecule has 0 aliphatic carbocycles. The molecule has 1 aromatic carbocycles. The van der Waals surface area contributed by atoms with Gasteiger partial charge in [-0.3, -0.25) is 0 Å². The van der Waals surface area contributed by atoms with Crippen molar-refractivity contribution in [3.63, 3.8) is 0 Å². The van der Waals surface area contributed by atoms with E-state index >= 15 is 0 Å². The van der Waals surface area contributed by atoms with Crippen molar-refractivity contribution in [1.82, 2.24) is 5.32 Å². The number of ether oxygens (including phenoxy) is 1. The fourth-order valence-electron chi connectivity index (χ4n) is 3.25. The lowest BCUT2D eigenvalue weighted by atomic mass is 9.87. The minimum absolute atomic E-state index is 0.171. The van der Waals surface area contributed by atoms with Crippen LogP contribution in [0.5, 0.6) is 0 Å². The van der Waals surface area contributed by atoms with Crippen molar-refractivity contribution in [1.29, 1.82) is 0 Å². The van der Waals surface area contributed by atoms with Crippen molar-refractivity contribution in [3.05, 3.63) is 29.8 Å². The Bertz CT molecular complexity index is 606. The number of anilines is 1. The number of hydrogen-bond donors (Lipinski definition) is 2. The van der Waals surface area contributed by atoms with Crippen molar-refractivity contribution in [3.8, 4) is 0 Å². The molecule has 0 saturated carbocycles. The van der Waals surface area contributed by atoms with Crippen LogP contribution in [0.15, 0.2) is 24.3 Å². The number of benzene rings is 1. The molecular weight excluding hydrogens is 340 g/mol. The van der Waals surface area contributed by atoms with Crippen LogP contribution in [0, 0.1) is 0 Å². The van der Waals surface area contributed by atoms with Gasteiger partial charge in [0.2, 0.25) is 0 Å². The van der Waals surface area contributed by atoms with Crippen molar-refractivity contribution in [2.45, 2.75) is 77.5 Å². The summed E-state index contributed by atoms with van der Waals surface area (Å²) in [5, 5.41) is 13.3. The van der Waals surface area contributed by atoms with Gasteiger partial charge in [-0.05, 0) is 56.7 Å². The number of hydrogen-bond acceptors (Lipinski definition) is 5. The Morgan fingerprint density at radius 2 is 1.70 bits per heavy atom. The van der Waals surface area contributed by atoms with Crippen molar-refractivity contribution in [2.24, 2.45) is 0 Å². The molecule has 1 aliphatic rings. The molecule has 1 heterocycles. The van der Waals surface area contributed by atoms with Gasteiger partial charge in [-0.1, -0.05) is 32.9 Å². The van der Waals surface area contributed by atoms with Gasteiger partial charge in [-0.15, -0.1) is 0 Å². The molecule has 0 amide bonds. The molecule has 1 atom stereocenters. The Balaban J connectivity index is 1.78. The average molecular weight is 377 g/mol. The molecule has 1 unspecified atom stereocenters. The number of esters is 1. The van der Waals surface area contributed by atoms with E-state index in [9.17, 15) is 9.90 Å². The maximum absolute atomic E-state index is 11.8. The maximum atomic E-state index is 11.8. The van der Waals surface area contributed by atoms with Crippen LogP contribution < -0.4 is 10.2 Å². The van der Waals surface area contributed by atoms with E-state index in [1.54, 1.807) is 20.8 Å². The minimum atomic E-state index is -1.12. The molecule has 1 aromatic rings. The molecule has 0 bridgehead atoms. The molecule has 0 radical (unpaired) electrons. The van der Waals surface area contributed by atoms with Gasteiger partial charge in [0.25, 0.3) is 0 Å². The molecule has 2 N–H and O–H groups in total. The molecule has 1 saturated heterocycles. The first kappa shape index (κ1) is 21.7. The Morgan fingerprint density at radius 1 is 1.15 bits per heavy atom. The molecule has 0 spiro atoms. The maximum Gasteiger partial charge on any atom is 0.336 e. The summed E-state index contributed by atoms with van der Waals surface area (Å²) in [6, 6.07) is 9.17. The van der Waals surface area contributed by atoms with Crippen LogP contribution in [-0.2, 0) is 14.9 Å². The second-order valence-electron chi connectivity index (χ2n) is 9.52. The molecule has 5 nitrogen and oxygen atoms in total. The van der Waals surface area contributed by atoms with Crippen LogP contribution >= 0.6 is 0 Å². The highest BCUT2D eigenvalue weighted by molar-refractivity contribution is 5.75. The number of piperidine rings is 1. The molecule has 5 heteroatoms. The van der Waals surface area contributed by atoms with E-state index in [0.717, 1.165) is 25.9 Å². The third-order valence-corrected chi connectivity index (χ3v) is 4.87. The van der Waals surface area contributed by atoms with E-state index in [0.29, 0.717) is 6.04 Å². The minimum Gasteiger partial charge on any atom is -0.458 e. The number of nitrogens with zero attached hydrogens (tertiary/aromatic N) is 1.